The molecule has 9 aromatic rings. The Hall–Kier alpha value is -5.40. The minimum atomic E-state index is -0.0160. The minimum Gasteiger partial charge on any atom is -0.309 e. The Morgan fingerprint density at radius 1 is 0.422 bits per heavy atom. The van der Waals surface area contributed by atoms with Gasteiger partial charge in [-0.1, -0.05) is 142 Å². The van der Waals surface area contributed by atoms with Crippen LogP contribution in [-0.4, -0.2) is 4.57 Å². The fourth-order valence-corrected chi connectivity index (χ4v) is 7.45. The molecule has 9 rings (SSSR count). The van der Waals surface area contributed by atoms with E-state index >= 15 is 0 Å². The Morgan fingerprint density at radius 2 is 0.933 bits per heavy atom. The predicted octanol–water partition coefficient (Wildman–Crippen LogP) is 12.3. The van der Waals surface area contributed by atoms with Crippen LogP contribution in [0.2, 0.25) is 0 Å². The van der Waals surface area contributed by atoms with E-state index in [-0.39, 0.29) is 5.41 Å². The van der Waals surface area contributed by atoms with Crippen LogP contribution in [0.5, 0.6) is 0 Å². The zero-order valence-electron chi connectivity index (χ0n) is 25.8. The second-order valence-corrected chi connectivity index (χ2v) is 13.4. The predicted molar refractivity (Wildman–Crippen MR) is 194 cm³/mol. The second kappa shape index (κ2) is 9.55. The van der Waals surface area contributed by atoms with Crippen LogP contribution in [0.3, 0.4) is 0 Å². The lowest BCUT2D eigenvalue weighted by molar-refractivity contribution is 0.590. The molecule has 0 spiro atoms. The van der Waals surface area contributed by atoms with E-state index in [0.29, 0.717) is 0 Å². The maximum Gasteiger partial charge on any atom is 0.0541 e. The van der Waals surface area contributed by atoms with Crippen molar-refractivity contribution in [2.75, 3.05) is 0 Å². The Balaban J connectivity index is 1.35. The number of benzene rings is 8. The van der Waals surface area contributed by atoms with Gasteiger partial charge in [0, 0.05) is 16.5 Å². The van der Waals surface area contributed by atoms with Crippen molar-refractivity contribution in [1.29, 1.82) is 0 Å². The number of para-hydroxylation sites is 2. The van der Waals surface area contributed by atoms with Crippen LogP contribution in [0.25, 0.3) is 82.1 Å². The molecule has 1 aromatic heterocycles. The van der Waals surface area contributed by atoms with E-state index in [1.165, 1.54) is 87.6 Å². The third-order valence-corrected chi connectivity index (χ3v) is 9.68. The van der Waals surface area contributed by atoms with Crippen LogP contribution in [0.4, 0.5) is 0 Å². The normalized spacial score (nSPS) is 12.3. The van der Waals surface area contributed by atoms with Crippen LogP contribution < -0.4 is 0 Å². The van der Waals surface area contributed by atoms with E-state index in [2.05, 4.69) is 171 Å². The molecule has 214 valence electrons. The van der Waals surface area contributed by atoms with Crippen molar-refractivity contribution in [2.24, 2.45) is 0 Å². The zero-order valence-corrected chi connectivity index (χ0v) is 25.8. The molecular weight excluding hydrogens is 542 g/mol. The first-order valence-electron chi connectivity index (χ1n) is 15.9. The van der Waals surface area contributed by atoms with Crippen molar-refractivity contribution in [1.82, 2.24) is 4.57 Å². The molecule has 0 aliphatic rings. The lowest BCUT2D eigenvalue weighted by Crippen LogP contribution is -2.12. The standard InChI is InChI=1S/C44H33N/c1-44(2,3)32-25-31(26-33(27-32)45-40-15-9-7-13-36(40)37-14-8-10-16-41(37)45)35-22-18-30-19-23-38-34(28-11-5-4-6-12-28)21-17-29-20-24-39(35)43(30)42(29)38/h4-27H,1-3H3. The van der Waals surface area contributed by atoms with Crippen LogP contribution in [0, 0.1) is 0 Å². The van der Waals surface area contributed by atoms with Crippen molar-refractivity contribution in [3.05, 3.63) is 151 Å². The summed E-state index contributed by atoms with van der Waals surface area (Å²) in [4.78, 5) is 0. The Morgan fingerprint density at radius 3 is 1.51 bits per heavy atom. The summed E-state index contributed by atoms with van der Waals surface area (Å²) in [5, 5.41) is 10.4. The van der Waals surface area contributed by atoms with E-state index in [1.807, 2.05) is 0 Å². The van der Waals surface area contributed by atoms with Gasteiger partial charge in [-0.3, -0.25) is 0 Å². The second-order valence-electron chi connectivity index (χ2n) is 13.4. The monoisotopic (exact) mass is 575 g/mol. The molecule has 1 nitrogen and oxygen atoms in total. The maximum absolute atomic E-state index is 2.45. The average Bonchev–Trinajstić information content (AvgIpc) is 3.41. The van der Waals surface area contributed by atoms with Crippen molar-refractivity contribution in [3.8, 4) is 27.9 Å². The molecule has 0 saturated carbocycles. The summed E-state index contributed by atoms with van der Waals surface area (Å²) in [7, 11) is 0. The van der Waals surface area contributed by atoms with Crippen LogP contribution in [0.1, 0.15) is 26.3 Å². The fourth-order valence-electron chi connectivity index (χ4n) is 7.45. The lowest BCUT2D eigenvalue weighted by Gasteiger charge is -2.23. The molecule has 1 heteroatoms. The molecular formula is C44H33N. The maximum atomic E-state index is 2.45. The van der Waals surface area contributed by atoms with Gasteiger partial charge in [0.15, 0.2) is 0 Å². The molecule has 0 fully saturated rings. The van der Waals surface area contributed by atoms with Gasteiger partial charge in [-0.25, -0.2) is 0 Å². The van der Waals surface area contributed by atoms with Gasteiger partial charge in [0.1, 0.15) is 0 Å². The third kappa shape index (κ3) is 3.94. The van der Waals surface area contributed by atoms with Gasteiger partial charge in [-0.15, -0.1) is 0 Å². The zero-order chi connectivity index (χ0) is 30.3. The Labute approximate surface area is 263 Å². The van der Waals surface area contributed by atoms with Gasteiger partial charge in [0.2, 0.25) is 0 Å². The number of nitrogens with zero attached hydrogens (tertiary/aromatic N) is 1. The molecule has 0 bridgehead atoms. The summed E-state index contributed by atoms with van der Waals surface area (Å²) in [6.45, 7) is 6.95. The van der Waals surface area contributed by atoms with Crippen LogP contribution in [0.15, 0.2) is 146 Å². The van der Waals surface area contributed by atoms with Gasteiger partial charge in [-0.05, 0) is 89.8 Å². The SMILES string of the molecule is CC(C)(C)c1cc(-c2ccc3ccc4c(-c5ccccc5)ccc5ccc2c3c54)cc(-n2c3ccccc3c3ccccc32)c1. The molecule has 0 unspecified atom stereocenters. The molecule has 0 aliphatic heterocycles. The van der Waals surface area contributed by atoms with Gasteiger partial charge >= 0.3 is 0 Å². The first-order valence-corrected chi connectivity index (χ1v) is 15.9. The average molecular weight is 576 g/mol. The first kappa shape index (κ1) is 26.0. The topological polar surface area (TPSA) is 4.93 Å². The van der Waals surface area contributed by atoms with Crippen molar-refractivity contribution >= 4 is 54.1 Å². The highest BCUT2D eigenvalue weighted by molar-refractivity contribution is 6.27. The third-order valence-electron chi connectivity index (χ3n) is 9.68. The fraction of sp³-hybridized carbons (Fsp3) is 0.0909. The van der Waals surface area contributed by atoms with Gasteiger partial charge in [-0.2, -0.15) is 0 Å². The number of fused-ring (bicyclic) bond motifs is 3. The largest absolute Gasteiger partial charge is 0.309 e. The van der Waals surface area contributed by atoms with Gasteiger partial charge < -0.3 is 4.57 Å². The molecule has 0 radical (unpaired) electrons. The summed E-state index contributed by atoms with van der Waals surface area (Å²) < 4.78 is 2.45. The van der Waals surface area contributed by atoms with E-state index < -0.39 is 0 Å². The summed E-state index contributed by atoms with van der Waals surface area (Å²) in [6.07, 6.45) is 0. The summed E-state index contributed by atoms with van der Waals surface area (Å²) in [5.74, 6) is 0. The molecule has 1 heterocycles. The highest BCUT2D eigenvalue weighted by Gasteiger charge is 2.21. The van der Waals surface area contributed by atoms with Gasteiger partial charge in [0.05, 0.1) is 11.0 Å². The van der Waals surface area contributed by atoms with Crippen molar-refractivity contribution in [2.45, 2.75) is 26.2 Å². The summed E-state index contributed by atoms with van der Waals surface area (Å²) >= 11 is 0. The summed E-state index contributed by atoms with van der Waals surface area (Å²) in [5.41, 5.74) is 10.0. The number of rotatable bonds is 3. The minimum absolute atomic E-state index is 0.0160. The van der Waals surface area contributed by atoms with E-state index in [9.17, 15) is 0 Å². The smallest absolute Gasteiger partial charge is 0.0541 e. The number of hydrogen-bond acceptors (Lipinski definition) is 0. The molecule has 0 atom stereocenters. The molecule has 0 saturated heterocycles. The van der Waals surface area contributed by atoms with E-state index in [4.69, 9.17) is 0 Å². The quantitative estimate of drug-likeness (QED) is 0.185. The molecule has 45 heavy (non-hydrogen) atoms. The lowest BCUT2D eigenvalue weighted by atomic mass is 9.83. The highest BCUT2D eigenvalue weighted by Crippen LogP contribution is 2.43. The van der Waals surface area contributed by atoms with Crippen LogP contribution in [-0.2, 0) is 5.41 Å². The summed E-state index contributed by atoms with van der Waals surface area (Å²) in [6, 6.07) is 54.0. The van der Waals surface area contributed by atoms with Gasteiger partial charge in [0.25, 0.3) is 0 Å². The molecule has 0 amide bonds. The van der Waals surface area contributed by atoms with E-state index in [1.54, 1.807) is 0 Å². The molecule has 0 N–H and O–H groups in total. The Kier molecular flexibility index (Phi) is 5.53. The Bertz CT molecular complexity index is 2510. The van der Waals surface area contributed by atoms with Crippen molar-refractivity contribution < 1.29 is 0 Å². The first-order chi connectivity index (χ1) is 22.0. The van der Waals surface area contributed by atoms with Crippen LogP contribution >= 0.6 is 0 Å². The number of aromatic nitrogens is 1. The van der Waals surface area contributed by atoms with Crippen molar-refractivity contribution in [3.63, 3.8) is 0 Å². The molecule has 8 aromatic carbocycles. The molecule has 0 aliphatic carbocycles. The highest BCUT2D eigenvalue weighted by atomic mass is 15.0. The van der Waals surface area contributed by atoms with E-state index in [0.717, 1.165) is 0 Å². The number of hydrogen-bond donors (Lipinski definition) is 0.